The molecule has 1 N–H and O–H groups in total. The molecule has 0 amide bonds. The highest BCUT2D eigenvalue weighted by Gasteiger charge is 2.19. The number of rotatable bonds is 6. The predicted molar refractivity (Wildman–Crippen MR) is 79.6 cm³/mol. The third-order valence-electron chi connectivity index (χ3n) is 2.80. The Balaban J connectivity index is 1.88. The number of aliphatic hydroxyl groups is 1. The maximum atomic E-state index is 9.86. The van der Waals surface area contributed by atoms with Crippen LogP contribution in [0.2, 0.25) is 0 Å². The van der Waals surface area contributed by atoms with E-state index in [9.17, 15) is 5.11 Å². The number of benzene rings is 1. The summed E-state index contributed by atoms with van der Waals surface area (Å²) in [4.78, 5) is 4.41. The summed E-state index contributed by atoms with van der Waals surface area (Å²) in [5.41, 5.74) is -0.179. The lowest BCUT2D eigenvalue weighted by Gasteiger charge is -2.13. The van der Waals surface area contributed by atoms with Gasteiger partial charge in [0, 0.05) is 17.9 Å². The molecule has 0 atom stereocenters. The summed E-state index contributed by atoms with van der Waals surface area (Å²) in [6.45, 7) is 4.02. The number of thiazole rings is 1. The first-order chi connectivity index (χ1) is 9.49. The number of methoxy groups -OCH3 is 1. The van der Waals surface area contributed by atoms with E-state index in [4.69, 9.17) is 9.47 Å². The standard InChI is InChI=1S/C15H19NO3S/c1-15(2,17)13-10-20-14(16-13)7-8-19-12-6-4-5-11(9-12)18-3/h4-6,9-10,17H,7-8H2,1-3H3. The zero-order valence-electron chi connectivity index (χ0n) is 11.9. The van der Waals surface area contributed by atoms with E-state index >= 15 is 0 Å². The molecule has 108 valence electrons. The molecule has 0 unspecified atom stereocenters. The molecule has 0 spiro atoms. The molecule has 0 aliphatic carbocycles. The minimum atomic E-state index is -0.887. The monoisotopic (exact) mass is 293 g/mol. The lowest BCUT2D eigenvalue weighted by atomic mass is 10.1. The molecular weight excluding hydrogens is 274 g/mol. The van der Waals surface area contributed by atoms with E-state index in [0.29, 0.717) is 12.3 Å². The van der Waals surface area contributed by atoms with Gasteiger partial charge in [0.15, 0.2) is 0 Å². The fourth-order valence-corrected chi connectivity index (χ4v) is 2.59. The second-order valence-corrected chi connectivity index (χ2v) is 5.91. The number of hydrogen-bond donors (Lipinski definition) is 1. The van der Waals surface area contributed by atoms with Crippen molar-refractivity contribution in [3.8, 4) is 11.5 Å². The second kappa shape index (κ2) is 6.24. The maximum Gasteiger partial charge on any atom is 0.123 e. The Labute approximate surface area is 123 Å². The van der Waals surface area contributed by atoms with E-state index in [1.807, 2.05) is 29.6 Å². The molecule has 0 aliphatic rings. The summed E-state index contributed by atoms with van der Waals surface area (Å²) in [6.07, 6.45) is 0.720. The van der Waals surface area contributed by atoms with Crippen LogP contribution in [0.3, 0.4) is 0 Å². The topological polar surface area (TPSA) is 51.6 Å². The zero-order valence-corrected chi connectivity index (χ0v) is 12.7. The van der Waals surface area contributed by atoms with Gasteiger partial charge >= 0.3 is 0 Å². The first-order valence-corrected chi connectivity index (χ1v) is 7.31. The van der Waals surface area contributed by atoms with Crippen LogP contribution < -0.4 is 9.47 Å². The third-order valence-corrected chi connectivity index (χ3v) is 3.71. The average Bonchev–Trinajstić information content (AvgIpc) is 2.88. The normalized spacial score (nSPS) is 11.4. The molecule has 5 heteroatoms. The predicted octanol–water partition coefficient (Wildman–Crippen LogP) is 3.00. The van der Waals surface area contributed by atoms with Gasteiger partial charge in [0.1, 0.15) is 17.1 Å². The Hall–Kier alpha value is -1.59. The van der Waals surface area contributed by atoms with Crippen molar-refractivity contribution >= 4 is 11.3 Å². The summed E-state index contributed by atoms with van der Waals surface area (Å²) < 4.78 is 10.8. The molecule has 20 heavy (non-hydrogen) atoms. The SMILES string of the molecule is COc1cccc(OCCc2nc(C(C)(C)O)cs2)c1. The number of hydrogen-bond acceptors (Lipinski definition) is 5. The van der Waals surface area contributed by atoms with Gasteiger partial charge < -0.3 is 14.6 Å². The van der Waals surface area contributed by atoms with E-state index in [0.717, 1.165) is 22.9 Å². The van der Waals surface area contributed by atoms with Gasteiger partial charge in [-0.2, -0.15) is 0 Å². The minimum Gasteiger partial charge on any atom is -0.497 e. The molecule has 1 aromatic heterocycles. The van der Waals surface area contributed by atoms with Gasteiger partial charge in [-0.1, -0.05) is 6.07 Å². The Bertz CT molecular complexity index is 560. The van der Waals surface area contributed by atoms with Crippen molar-refractivity contribution in [2.45, 2.75) is 25.9 Å². The van der Waals surface area contributed by atoms with Gasteiger partial charge in [0.05, 0.1) is 24.4 Å². The van der Waals surface area contributed by atoms with Gasteiger partial charge in [0.2, 0.25) is 0 Å². The van der Waals surface area contributed by atoms with Crippen molar-refractivity contribution in [1.29, 1.82) is 0 Å². The fraction of sp³-hybridized carbons (Fsp3) is 0.400. The highest BCUT2D eigenvalue weighted by molar-refractivity contribution is 7.09. The molecular formula is C15H19NO3S. The maximum absolute atomic E-state index is 9.86. The summed E-state index contributed by atoms with van der Waals surface area (Å²) >= 11 is 1.54. The van der Waals surface area contributed by atoms with Gasteiger partial charge in [-0.15, -0.1) is 11.3 Å². The van der Waals surface area contributed by atoms with Crippen LogP contribution >= 0.6 is 11.3 Å². The van der Waals surface area contributed by atoms with Crippen LogP contribution in [0.25, 0.3) is 0 Å². The Morgan fingerprint density at radius 2 is 2.05 bits per heavy atom. The molecule has 0 radical (unpaired) electrons. The number of ether oxygens (including phenoxy) is 2. The van der Waals surface area contributed by atoms with Crippen LogP contribution in [0, 0.1) is 0 Å². The molecule has 2 aromatic rings. The lowest BCUT2D eigenvalue weighted by molar-refractivity contribution is 0.0743. The fourth-order valence-electron chi connectivity index (χ4n) is 1.65. The molecule has 0 bridgehead atoms. The lowest BCUT2D eigenvalue weighted by Crippen LogP contribution is -2.16. The van der Waals surface area contributed by atoms with Crippen molar-refractivity contribution in [3.63, 3.8) is 0 Å². The summed E-state index contributed by atoms with van der Waals surface area (Å²) in [5, 5.41) is 12.7. The number of aromatic nitrogens is 1. The number of nitrogens with zero attached hydrogens (tertiary/aromatic N) is 1. The van der Waals surface area contributed by atoms with E-state index in [-0.39, 0.29) is 0 Å². The van der Waals surface area contributed by atoms with E-state index < -0.39 is 5.60 Å². The molecule has 0 saturated carbocycles. The molecule has 1 heterocycles. The molecule has 0 saturated heterocycles. The van der Waals surface area contributed by atoms with Crippen molar-refractivity contribution in [2.24, 2.45) is 0 Å². The molecule has 0 aliphatic heterocycles. The molecule has 4 nitrogen and oxygen atoms in total. The summed E-state index contributed by atoms with van der Waals surface area (Å²) in [6, 6.07) is 7.52. The van der Waals surface area contributed by atoms with Crippen LogP contribution in [0.4, 0.5) is 0 Å². The highest BCUT2D eigenvalue weighted by Crippen LogP contribution is 2.23. The van der Waals surface area contributed by atoms with Crippen molar-refractivity contribution < 1.29 is 14.6 Å². The molecule has 2 rings (SSSR count). The zero-order chi connectivity index (χ0) is 14.6. The molecule has 1 aromatic carbocycles. The smallest absolute Gasteiger partial charge is 0.123 e. The van der Waals surface area contributed by atoms with Crippen LogP contribution in [-0.4, -0.2) is 23.8 Å². The Morgan fingerprint density at radius 1 is 1.30 bits per heavy atom. The van der Waals surface area contributed by atoms with Gasteiger partial charge in [-0.05, 0) is 26.0 Å². The van der Waals surface area contributed by atoms with E-state index in [2.05, 4.69) is 4.98 Å². The van der Waals surface area contributed by atoms with Crippen LogP contribution in [0.15, 0.2) is 29.6 Å². The van der Waals surface area contributed by atoms with Crippen LogP contribution in [0.1, 0.15) is 24.5 Å². The molecule has 0 fully saturated rings. The Kier molecular flexibility index (Phi) is 4.62. The van der Waals surface area contributed by atoms with Crippen molar-refractivity contribution in [3.05, 3.63) is 40.3 Å². The van der Waals surface area contributed by atoms with E-state index in [1.54, 1.807) is 32.3 Å². The van der Waals surface area contributed by atoms with Gasteiger partial charge in [-0.3, -0.25) is 0 Å². The average molecular weight is 293 g/mol. The van der Waals surface area contributed by atoms with Crippen LogP contribution in [0.5, 0.6) is 11.5 Å². The van der Waals surface area contributed by atoms with Crippen LogP contribution in [-0.2, 0) is 12.0 Å². The van der Waals surface area contributed by atoms with Crippen molar-refractivity contribution in [1.82, 2.24) is 4.98 Å². The minimum absolute atomic E-state index is 0.548. The highest BCUT2D eigenvalue weighted by atomic mass is 32.1. The Morgan fingerprint density at radius 3 is 2.70 bits per heavy atom. The third kappa shape index (κ3) is 3.95. The quantitative estimate of drug-likeness (QED) is 0.889. The summed E-state index contributed by atoms with van der Waals surface area (Å²) in [7, 11) is 1.63. The first kappa shape index (κ1) is 14.8. The van der Waals surface area contributed by atoms with Gasteiger partial charge in [0.25, 0.3) is 0 Å². The second-order valence-electron chi connectivity index (χ2n) is 4.96. The van der Waals surface area contributed by atoms with Crippen molar-refractivity contribution in [2.75, 3.05) is 13.7 Å². The van der Waals surface area contributed by atoms with E-state index in [1.165, 1.54) is 0 Å². The first-order valence-electron chi connectivity index (χ1n) is 6.43. The summed E-state index contributed by atoms with van der Waals surface area (Å²) in [5.74, 6) is 1.56. The largest absolute Gasteiger partial charge is 0.497 e. The van der Waals surface area contributed by atoms with Gasteiger partial charge in [-0.25, -0.2) is 4.98 Å².